The average Bonchev–Trinajstić information content (AvgIpc) is 2.88. The predicted octanol–water partition coefficient (Wildman–Crippen LogP) is 5.67. The Bertz CT molecular complexity index is 1130. The normalized spacial score (nSPS) is 12.7. The van der Waals surface area contributed by atoms with Crippen molar-refractivity contribution in [1.82, 2.24) is 5.32 Å². The van der Waals surface area contributed by atoms with Gasteiger partial charge in [0.25, 0.3) is 11.8 Å². The first-order valence-electron chi connectivity index (χ1n) is 10.3. The molecule has 0 aliphatic carbocycles. The molecular weight excluding hydrogens is 411 g/mol. The first kappa shape index (κ1) is 21.1. The average molecular weight is 435 g/mol. The number of rotatable bonds is 6. The third-order valence-electron chi connectivity index (χ3n) is 5.14. The van der Waals surface area contributed by atoms with Crippen molar-refractivity contribution in [3.05, 3.63) is 89.2 Å². The third kappa shape index (κ3) is 4.64. The molecule has 0 radical (unpaired) electrons. The zero-order valence-electron chi connectivity index (χ0n) is 17.2. The largest absolute Gasteiger partial charge is 0.352 e. The molecule has 6 heteroatoms. The smallest absolute Gasteiger partial charge is 0.259 e. The minimum absolute atomic E-state index is 0.166. The van der Waals surface area contributed by atoms with Crippen LogP contribution in [0.3, 0.4) is 0 Å². The molecule has 2 amide bonds. The first-order chi connectivity index (χ1) is 15.1. The van der Waals surface area contributed by atoms with Crippen LogP contribution in [-0.4, -0.2) is 18.4 Å². The Hall–Kier alpha value is -3.12. The summed E-state index contributed by atoms with van der Waals surface area (Å²) in [5, 5.41) is 2.92. The first-order valence-corrected chi connectivity index (χ1v) is 11.1. The minimum atomic E-state index is -0.348. The van der Waals surface area contributed by atoms with Crippen molar-refractivity contribution in [2.24, 2.45) is 0 Å². The monoisotopic (exact) mass is 434 g/mol. The lowest BCUT2D eigenvalue weighted by Gasteiger charge is -2.24. The Labute approximate surface area is 185 Å². The maximum absolute atomic E-state index is 13.8. The summed E-state index contributed by atoms with van der Waals surface area (Å²) < 4.78 is 13.8. The van der Waals surface area contributed by atoms with Gasteiger partial charge in [-0.15, -0.1) is 0 Å². The molecule has 0 bridgehead atoms. The van der Waals surface area contributed by atoms with Gasteiger partial charge in [0.1, 0.15) is 5.82 Å². The van der Waals surface area contributed by atoms with E-state index in [1.54, 1.807) is 35.2 Å². The van der Waals surface area contributed by atoms with E-state index in [1.165, 1.54) is 23.9 Å². The second-order valence-electron chi connectivity index (χ2n) is 7.41. The topological polar surface area (TPSA) is 49.4 Å². The molecule has 0 aromatic heterocycles. The number of hydrogen-bond acceptors (Lipinski definition) is 3. The van der Waals surface area contributed by atoms with Gasteiger partial charge in [0.15, 0.2) is 0 Å². The van der Waals surface area contributed by atoms with E-state index in [0.717, 1.165) is 22.6 Å². The number of fused-ring (bicyclic) bond motifs is 2. The molecule has 4 rings (SSSR count). The van der Waals surface area contributed by atoms with Crippen LogP contribution in [0.2, 0.25) is 0 Å². The fourth-order valence-corrected chi connectivity index (χ4v) is 4.58. The highest BCUT2D eigenvalue weighted by atomic mass is 32.2. The molecule has 158 valence electrons. The van der Waals surface area contributed by atoms with Gasteiger partial charge < -0.3 is 10.2 Å². The quantitative estimate of drug-likeness (QED) is 0.509. The predicted molar refractivity (Wildman–Crippen MR) is 121 cm³/mol. The molecule has 4 nitrogen and oxygen atoms in total. The molecule has 1 heterocycles. The van der Waals surface area contributed by atoms with Crippen LogP contribution < -0.4 is 10.2 Å². The van der Waals surface area contributed by atoms with E-state index in [9.17, 15) is 14.0 Å². The lowest BCUT2D eigenvalue weighted by molar-refractivity contribution is 0.0949. The number of benzene rings is 3. The van der Waals surface area contributed by atoms with Crippen molar-refractivity contribution in [3.63, 3.8) is 0 Å². The Balaban J connectivity index is 1.75. The van der Waals surface area contributed by atoms with Crippen LogP contribution in [0, 0.1) is 5.82 Å². The summed E-state index contributed by atoms with van der Waals surface area (Å²) in [6, 6.07) is 19.1. The van der Waals surface area contributed by atoms with Crippen LogP contribution in [0.5, 0.6) is 0 Å². The summed E-state index contributed by atoms with van der Waals surface area (Å²) in [5.41, 5.74) is 2.42. The van der Waals surface area contributed by atoms with E-state index in [2.05, 4.69) is 12.2 Å². The highest BCUT2D eigenvalue weighted by molar-refractivity contribution is 7.99. The van der Waals surface area contributed by atoms with Crippen LogP contribution in [0.1, 0.15) is 46.0 Å². The third-order valence-corrected chi connectivity index (χ3v) is 6.28. The summed E-state index contributed by atoms with van der Waals surface area (Å²) in [4.78, 5) is 29.5. The van der Waals surface area contributed by atoms with Crippen molar-refractivity contribution in [3.8, 4) is 0 Å². The molecule has 0 fully saturated rings. The maximum atomic E-state index is 13.8. The van der Waals surface area contributed by atoms with Crippen molar-refractivity contribution in [2.45, 2.75) is 36.1 Å². The van der Waals surface area contributed by atoms with Gasteiger partial charge in [-0.05, 0) is 54.4 Å². The number of carbonyl (C=O) groups excluding carboxylic acids is 2. The van der Waals surface area contributed by atoms with Gasteiger partial charge in [0.05, 0.1) is 17.8 Å². The van der Waals surface area contributed by atoms with Gasteiger partial charge in [0.2, 0.25) is 0 Å². The number of carbonyl (C=O) groups is 2. The fraction of sp³-hybridized carbons (Fsp3) is 0.200. The molecule has 0 unspecified atom stereocenters. The van der Waals surface area contributed by atoms with Crippen LogP contribution in [0.4, 0.5) is 10.1 Å². The molecule has 3 aromatic rings. The molecule has 1 aliphatic heterocycles. The number of nitrogens with one attached hydrogen (secondary N) is 1. The fourth-order valence-electron chi connectivity index (χ4n) is 3.52. The van der Waals surface area contributed by atoms with Crippen molar-refractivity contribution < 1.29 is 14.0 Å². The van der Waals surface area contributed by atoms with Gasteiger partial charge in [-0.2, -0.15) is 0 Å². The Morgan fingerprint density at radius 1 is 1.03 bits per heavy atom. The summed E-state index contributed by atoms with van der Waals surface area (Å²) in [6.07, 6.45) is 1.90. The lowest BCUT2D eigenvalue weighted by Crippen LogP contribution is -2.31. The molecular formula is C25H23FN2O2S. The van der Waals surface area contributed by atoms with Gasteiger partial charge >= 0.3 is 0 Å². The zero-order chi connectivity index (χ0) is 21.8. The summed E-state index contributed by atoms with van der Waals surface area (Å²) in [7, 11) is 0. The molecule has 0 saturated carbocycles. The Kier molecular flexibility index (Phi) is 6.37. The number of unbranched alkanes of at least 4 members (excludes halogenated alkanes) is 1. The molecule has 0 atom stereocenters. The van der Waals surface area contributed by atoms with Crippen LogP contribution in [0.25, 0.3) is 0 Å². The van der Waals surface area contributed by atoms with Crippen molar-refractivity contribution >= 4 is 29.3 Å². The summed E-state index contributed by atoms with van der Waals surface area (Å²) in [5.74, 6) is -0.686. The number of halogens is 1. The van der Waals surface area contributed by atoms with Crippen LogP contribution in [0.15, 0.2) is 76.5 Å². The summed E-state index contributed by atoms with van der Waals surface area (Å²) >= 11 is 1.50. The number of hydrogen-bond donors (Lipinski definition) is 1. The SMILES string of the molecule is CCCCNC(=O)c1ccc2c(c1)N(Cc1cccc(F)c1)C(=O)c1ccccc1S2. The Morgan fingerprint density at radius 3 is 2.68 bits per heavy atom. The maximum Gasteiger partial charge on any atom is 0.259 e. The Morgan fingerprint density at radius 2 is 1.87 bits per heavy atom. The standard InChI is InChI=1S/C25H23FN2O2S/c1-2-3-13-27-24(29)18-11-12-23-21(15-18)28(16-17-7-6-8-19(26)14-17)25(30)20-9-4-5-10-22(20)31-23/h4-12,14-15H,2-3,13,16H2,1H3,(H,27,29). The second-order valence-corrected chi connectivity index (χ2v) is 8.50. The molecule has 31 heavy (non-hydrogen) atoms. The molecule has 3 aromatic carbocycles. The highest BCUT2D eigenvalue weighted by Gasteiger charge is 2.28. The van der Waals surface area contributed by atoms with Crippen LogP contribution >= 0.6 is 11.8 Å². The molecule has 0 spiro atoms. The molecule has 1 aliphatic rings. The molecule has 0 saturated heterocycles. The minimum Gasteiger partial charge on any atom is -0.352 e. The molecule has 1 N–H and O–H groups in total. The van der Waals surface area contributed by atoms with Crippen LogP contribution in [-0.2, 0) is 6.54 Å². The van der Waals surface area contributed by atoms with Gasteiger partial charge in [-0.1, -0.05) is 49.4 Å². The number of anilines is 1. The lowest BCUT2D eigenvalue weighted by atomic mass is 10.1. The van der Waals surface area contributed by atoms with E-state index in [0.29, 0.717) is 28.9 Å². The second kappa shape index (κ2) is 9.35. The van der Waals surface area contributed by atoms with Crippen molar-refractivity contribution in [1.29, 1.82) is 0 Å². The highest BCUT2D eigenvalue weighted by Crippen LogP contribution is 2.42. The van der Waals surface area contributed by atoms with E-state index in [-0.39, 0.29) is 24.2 Å². The van der Waals surface area contributed by atoms with E-state index in [1.807, 2.05) is 24.3 Å². The van der Waals surface area contributed by atoms with Gasteiger partial charge in [-0.25, -0.2) is 4.39 Å². The van der Waals surface area contributed by atoms with Crippen molar-refractivity contribution in [2.75, 3.05) is 11.4 Å². The zero-order valence-corrected chi connectivity index (χ0v) is 18.0. The van der Waals surface area contributed by atoms with Gasteiger partial charge in [0, 0.05) is 21.9 Å². The number of nitrogens with zero attached hydrogens (tertiary/aromatic N) is 1. The van der Waals surface area contributed by atoms with Gasteiger partial charge in [-0.3, -0.25) is 9.59 Å². The van der Waals surface area contributed by atoms with E-state index in [4.69, 9.17) is 0 Å². The van der Waals surface area contributed by atoms with E-state index >= 15 is 0 Å². The summed E-state index contributed by atoms with van der Waals surface area (Å²) in [6.45, 7) is 2.89. The number of amides is 2. The van der Waals surface area contributed by atoms with E-state index < -0.39 is 0 Å².